The Morgan fingerprint density at radius 1 is 0.840 bits per heavy atom. The summed E-state index contributed by atoms with van der Waals surface area (Å²) >= 11 is 0. The Hall–Kier alpha value is -3.00. The van der Waals surface area contributed by atoms with Crippen molar-refractivity contribution >= 4 is 21.7 Å². The molecule has 0 saturated carbocycles. The number of hydrogen-bond donors (Lipinski definition) is 2. The van der Waals surface area contributed by atoms with E-state index in [2.05, 4.69) is 20.2 Å². The molecular weight excluding hydrogens is 343 g/mol. The van der Waals surface area contributed by atoms with Gasteiger partial charge in [-0.15, -0.1) is 10.2 Å². The van der Waals surface area contributed by atoms with E-state index in [1.807, 2.05) is 30.3 Å². The highest BCUT2D eigenvalue weighted by Crippen LogP contribution is 2.15. The van der Waals surface area contributed by atoms with Crippen LogP contribution in [0.1, 0.15) is 5.56 Å². The van der Waals surface area contributed by atoms with E-state index in [1.54, 1.807) is 6.07 Å². The maximum Gasteiger partial charge on any atom is 0.263 e. The van der Waals surface area contributed by atoms with E-state index in [0.717, 1.165) is 17.7 Å². The topological polar surface area (TPSA) is 84.0 Å². The van der Waals surface area contributed by atoms with Crippen LogP contribution in [-0.4, -0.2) is 18.6 Å². The van der Waals surface area contributed by atoms with Crippen LogP contribution in [0.25, 0.3) is 0 Å². The van der Waals surface area contributed by atoms with Crippen molar-refractivity contribution in [2.24, 2.45) is 0 Å². The summed E-state index contributed by atoms with van der Waals surface area (Å²) in [5.74, 6) is 0.0933. The summed E-state index contributed by atoms with van der Waals surface area (Å²) in [5.41, 5.74) is 1.09. The average Bonchev–Trinajstić information content (AvgIpc) is 2.62. The Morgan fingerprint density at radius 3 is 2.12 bits per heavy atom. The average molecular weight is 358 g/mol. The first-order valence-corrected chi connectivity index (χ1v) is 8.91. The van der Waals surface area contributed by atoms with Gasteiger partial charge < -0.3 is 5.32 Å². The molecule has 2 aromatic carbocycles. The molecule has 3 rings (SSSR count). The molecule has 0 bridgehead atoms. The van der Waals surface area contributed by atoms with E-state index in [4.69, 9.17) is 0 Å². The van der Waals surface area contributed by atoms with Gasteiger partial charge in [-0.1, -0.05) is 30.3 Å². The number of nitrogens with zero attached hydrogens (tertiary/aromatic N) is 2. The molecule has 25 heavy (non-hydrogen) atoms. The fraction of sp³-hybridized carbons (Fsp3) is 0.0588. The van der Waals surface area contributed by atoms with Crippen molar-refractivity contribution in [3.05, 3.63) is 78.1 Å². The minimum Gasteiger partial charge on any atom is -0.365 e. The third kappa shape index (κ3) is 4.51. The van der Waals surface area contributed by atoms with E-state index in [0.29, 0.717) is 12.4 Å². The Balaban J connectivity index is 1.65. The summed E-state index contributed by atoms with van der Waals surface area (Å²) < 4.78 is 39.6. The lowest BCUT2D eigenvalue weighted by atomic mass is 10.2. The number of anilines is 2. The zero-order chi connectivity index (χ0) is 17.7. The van der Waals surface area contributed by atoms with Crippen LogP contribution in [0.15, 0.2) is 71.6 Å². The molecule has 0 saturated heterocycles. The molecular formula is C17H15FN4O2S. The summed E-state index contributed by atoms with van der Waals surface area (Å²) in [7, 11) is -3.84. The molecule has 0 amide bonds. The second-order valence-electron chi connectivity index (χ2n) is 5.20. The molecule has 8 heteroatoms. The van der Waals surface area contributed by atoms with Crippen LogP contribution in [0.4, 0.5) is 16.0 Å². The van der Waals surface area contributed by atoms with Crippen molar-refractivity contribution in [3.63, 3.8) is 0 Å². The molecule has 0 aliphatic carbocycles. The van der Waals surface area contributed by atoms with Gasteiger partial charge in [0.05, 0.1) is 4.90 Å². The number of hydrogen-bond acceptors (Lipinski definition) is 5. The molecule has 1 heterocycles. The number of nitrogens with one attached hydrogen (secondary N) is 2. The third-order valence-corrected chi connectivity index (χ3v) is 4.71. The van der Waals surface area contributed by atoms with Crippen LogP contribution in [0.3, 0.4) is 0 Å². The summed E-state index contributed by atoms with van der Waals surface area (Å²) in [6, 6.07) is 17.4. The third-order valence-electron chi connectivity index (χ3n) is 3.34. The molecule has 6 nitrogen and oxygen atoms in total. The van der Waals surface area contributed by atoms with E-state index in [-0.39, 0.29) is 10.7 Å². The number of halogens is 1. The lowest BCUT2D eigenvalue weighted by molar-refractivity contribution is 0.599. The molecule has 0 unspecified atom stereocenters. The molecule has 0 spiro atoms. The van der Waals surface area contributed by atoms with Crippen LogP contribution in [-0.2, 0) is 16.6 Å². The minimum atomic E-state index is -3.84. The van der Waals surface area contributed by atoms with E-state index >= 15 is 0 Å². The number of benzene rings is 2. The fourth-order valence-corrected chi connectivity index (χ4v) is 3.08. The zero-order valence-electron chi connectivity index (χ0n) is 13.1. The molecule has 0 atom stereocenters. The van der Waals surface area contributed by atoms with Gasteiger partial charge in [0, 0.05) is 6.54 Å². The van der Waals surface area contributed by atoms with Crippen LogP contribution in [0, 0.1) is 5.82 Å². The molecule has 1 aromatic heterocycles. The number of sulfonamides is 1. The van der Waals surface area contributed by atoms with E-state index < -0.39 is 15.8 Å². The highest BCUT2D eigenvalue weighted by molar-refractivity contribution is 7.92. The van der Waals surface area contributed by atoms with E-state index in [1.165, 1.54) is 18.2 Å². The van der Waals surface area contributed by atoms with Gasteiger partial charge in [0.25, 0.3) is 10.0 Å². The van der Waals surface area contributed by atoms with Gasteiger partial charge in [0.1, 0.15) is 11.6 Å². The standard InChI is InChI=1S/C17H15FN4O2S/c18-14-6-8-15(9-7-14)25(23,24)22-17-11-10-16(20-21-17)19-12-13-4-2-1-3-5-13/h1-11H,12H2,(H,19,20)(H,21,22). The number of aromatic nitrogens is 2. The summed E-state index contributed by atoms with van der Waals surface area (Å²) in [4.78, 5) is -0.0537. The quantitative estimate of drug-likeness (QED) is 0.708. The highest BCUT2D eigenvalue weighted by atomic mass is 32.2. The van der Waals surface area contributed by atoms with Crippen molar-refractivity contribution in [2.45, 2.75) is 11.4 Å². The minimum absolute atomic E-state index is 0.0537. The smallest absolute Gasteiger partial charge is 0.263 e. The normalized spacial score (nSPS) is 11.1. The first-order valence-electron chi connectivity index (χ1n) is 7.43. The lowest BCUT2D eigenvalue weighted by Crippen LogP contribution is -2.14. The lowest BCUT2D eigenvalue weighted by Gasteiger charge is -2.08. The molecule has 0 fully saturated rings. The zero-order valence-corrected chi connectivity index (χ0v) is 13.9. The van der Waals surface area contributed by atoms with Crippen molar-refractivity contribution in [2.75, 3.05) is 10.0 Å². The Morgan fingerprint density at radius 2 is 1.48 bits per heavy atom. The maximum atomic E-state index is 12.9. The first-order chi connectivity index (χ1) is 12.0. The summed E-state index contributed by atoms with van der Waals surface area (Å²) in [5, 5.41) is 10.9. The predicted octanol–water partition coefficient (Wildman–Crippen LogP) is 3.03. The second kappa shape index (κ2) is 7.27. The molecule has 128 valence electrons. The van der Waals surface area contributed by atoms with Crippen molar-refractivity contribution in [3.8, 4) is 0 Å². The van der Waals surface area contributed by atoms with Crippen LogP contribution in [0.2, 0.25) is 0 Å². The maximum absolute atomic E-state index is 12.9. The largest absolute Gasteiger partial charge is 0.365 e. The van der Waals surface area contributed by atoms with Gasteiger partial charge in [0.15, 0.2) is 5.82 Å². The Kier molecular flexibility index (Phi) is 4.90. The molecule has 0 radical (unpaired) electrons. The highest BCUT2D eigenvalue weighted by Gasteiger charge is 2.15. The molecule has 3 aromatic rings. The van der Waals surface area contributed by atoms with Crippen LogP contribution >= 0.6 is 0 Å². The van der Waals surface area contributed by atoms with Gasteiger partial charge in [-0.25, -0.2) is 12.8 Å². The molecule has 2 N–H and O–H groups in total. The van der Waals surface area contributed by atoms with Crippen molar-refractivity contribution in [1.29, 1.82) is 0 Å². The molecule has 0 aliphatic heterocycles. The summed E-state index contributed by atoms with van der Waals surface area (Å²) in [6.45, 7) is 0.580. The van der Waals surface area contributed by atoms with Gasteiger partial charge in [-0.3, -0.25) is 4.72 Å². The van der Waals surface area contributed by atoms with Gasteiger partial charge in [0.2, 0.25) is 0 Å². The Bertz CT molecular complexity index is 931. The fourth-order valence-electron chi connectivity index (χ4n) is 2.08. The van der Waals surface area contributed by atoms with Crippen LogP contribution in [0.5, 0.6) is 0 Å². The van der Waals surface area contributed by atoms with Crippen molar-refractivity contribution < 1.29 is 12.8 Å². The summed E-state index contributed by atoms with van der Waals surface area (Å²) in [6.07, 6.45) is 0. The van der Waals surface area contributed by atoms with E-state index in [9.17, 15) is 12.8 Å². The van der Waals surface area contributed by atoms with Gasteiger partial charge in [-0.2, -0.15) is 0 Å². The Labute approximate surface area is 144 Å². The van der Waals surface area contributed by atoms with Gasteiger partial charge in [-0.05, 0) is 42.0 Å². The van der Waals surface area contributed by atoms with Crippen LogP contribution < -0.4 is 10.0 Å². The monoisotopic (exact) mass is 358 g/mol. The van der Waals surface area contributed by atoms with Crippen molar-refractivity contribution in [1.82, 2.24) is 10.2 Å². The SMILES string of the molecule is O=S(=O)(Nc1ccc(NCc2ccccc2)nn1)c1ccc(F)cc1. The van der Waals surface area contributed by atoms with Gasteiger partial charge >= 0.3 is 0 Å². The molecule has 0 aliphatic rings. The first kappa shape index (κ1) is 16.8. The number of rotatable bonds is 6. The second-order valence-corrected chi connectivity index (χ2v) is 6.88. The predicted molar refractivity (Wildman–Crippen MR) is 93.0 cm³/mol.